The second-order valence-electron chi connectivity index (χ2n) is 6.63. The number of piperidine rings is 1. The van der Waals surface area contributed by atoms with Gasteiger partial charge in [0.05, 0.1) is 5.56 Å². The summed E-state index contributed by atoms with van der Waals surface area (Å²) in [7, 11) is 0. The Kier molecular flexibility index (Phi) is 3.71. The van der Waals surface area contributed by atoms with E-state index >= 15 is 0 Å². The Morgan fingerprint density at radius 1 is 1.32 bits per heavy atom. The SMILES string of the molecule is Cc1ncc(C(=O)N2CCC3CC32C(=O)NCc2cccnc2)cn1. The third-order valence-corrected chi connectivity index (χ3v) is 5.10. The first kappa shape index (κ1) is 15.7. The van der Waals surface area contributed by atoms with Crippen molar-refractivity contribution < 1.29 is 9.59 Å². The van der Waals surface area contributed by atoms with Crippen LogP contribution in [0.2, 0.25) is 0 Å². The van der Waals surface area contributed by atoms with Crippen molar-refractivity contribution in [2.24, 2.45) is 5.92 Å². The minimum atomic E-state index is -0.704. The van der Waals surface area contributed by atoms with Crippen LogP contribution in [0.25, 0.3) is 0 Å². The number of amides is 2. The van der Waals surface area contributed by atoms with Gasteiger partial charge in [-0.25, -0.2) is 9.97 Å². The van der Waals surface area contributed by atoms with E-state index < -0.39 is 5.54 Å². The van der Waals surface area contributed by atoms with Gasteiger partial charge in [0.1, 0.15) is 11.4 Å². The molecule has 2 fully saturated rings. The number of carbonyl (C=O) groups excluding carboxylic acids is 2. The molecule has 2 unspecified atom stereocenters. The Bertz CT molecular complexity index is 808. The molecule has 1 saturated heterocycles. The van der Waals surface area contributed by atoms with Gasteiger partial charge in [-0.1, -0.05) is 6.07 Å². The topological polar surface area (TPSA) is 88.1 Å². The first-order valence-electron chi connectivity index (χ1n) is 8.39. The number of fused-ring (bicyclic) bond motifs is 1. The molecule has 1 N–H and O–H groups in total. The monoisotopic (exact) mass is 337 g/mol. The number of nitrogens with zero attached hydrogens (tertiary/aromatic N) is 4. The van der Waals surface area contributed by atoms with Gasteiger partial charge in [-0.15, -0.1) is 0 Å². The van der Waals surface area contributed by atoms with Crippen LogP contribution in [0.4, 0.5) is 0 Å². The highest BCUT2D eigenvalue weighted by atomic mass is 16.2. The van der Waals surface area contributed by atoms with Gasteiger partial charge < -0.3 is 10.2 Å². The second-order valence-corrected chi connectivity index (χ2v) is 6.63. The van der Waals surface area contributed by atoms with Gasteiger partial charge >= 0.3 is 0 Å². The lowest BCUT2D eigenvalue weighted by Crippen LogP contribution is -2.50. The van der Waals surface area contributed by atoms with Crippen molar-refractivity contribution in [3.05, 3.63) is 53.9 Å². The van der Waals surface area contributed by atoms with Gasteiger partial charge in [0.15, 0.2) is 0 Å². The van der Waals surface area contributed by atoms with Crippen LogP contribution in [0.1, 0.15) is 34.6 Å². The number of hydrogen-bond donors (Lipinski definition) is 1. The van der Waals surface area contributed by atoms with Crippen LogP contribution < -0.4 is 5.32 Å². The zero-order valence-corrected chi connectivity index (χ0v) is 14.0. The van der Waals surface area contributed by atoms with Gasteiger partial charge in [-0.2, -0.15) is 0 Å². The lowest BCUT2D eigenvalue weighted by atomic mass is 10.1. The van der Waals surface area contributed by atoms with Crippen molar-refractivity contribution in [3.63, 3.8) is 0 Å². The number of pyridine rings is 1. The Morgan fingerprint density at radius 3 is 2.80 bits per heavy atom. The number of aromatic nitrogens is 3. The molecular formula is C18H19N5O2. The second kappa shape index (κ2) is 5.91. The maximum absolute atomic E-state index is 12.8. The number of nitrogens with one attached hydrogen (secondary N) is 1. The van der Waals surface area contributed by atoms with Crippen LogP contribution in [-0.2, 0) is 11.3 Å². The molecule has 0 bridgehead atoms. The molecule has 25 heavy (non-hydrogen) atoms. The van der Waals surface area contributed by atoms with E-state index in [0.717, 1.165) is 18.4 Å². The standard InChI is InChI=1S/C18H19N5O2/c1-12-20-10-14(11-21-12)16(24)23-6-4-15-7-18(15,23)17(25)22-9-13-3-2-5-19-8-13/h2-3,5,8,10-11,15H,4,6-7,9H2,1H3,(H,22,25). The first-order valence-corrected chi connectivity index (χ1v) is 8.39. The van der Waals surface area contributed by atoms with E-state index in [9.17, 15) is 9.59 Å². The fraction of sp³-hybridized carbons (Fsp3) is 0.389. The highest BCUT2D eigenvalue weighted by Gasteiger charge is 2.68. The molecular weight excluding hydrogens is 318 g/mol. The molecule has 2 amide bonds. The van der Waals surface area contributed by atoms with Gasteiger partial charge in [-0.3, -0.25) is 14.6 Å². The highest BCUT2D eigenvalue weighted by Crippen LogP contribution is 2.56. The minimum absolute atomic E-state index is 0.0831. The van der Waals surface area contributed by atoms with E-state index in [2.05, 4.69) is 20.3 Å². The summed E-state index contributed by atoms with van der Waals surface area (Å²) >= 11 is 0. The Balaban J connectivity index is 1.49. The van der Waals surface area contributed by atoms with Crippen molar-refractivity contribution in [1.82, 2.24) is 25.2 Å². The summed E-state index contributed by atoms with van der Waals surface area (Å²) in [6, 6.07) is 3.75. The van der Waals surface area contributed by atoms with E-state index in [1.165, 1.54) is 12.4 Å². The van der Waals surface area contributed by atoms with Crippen LogP contribution in [0.3, 0.4) is 0 Å². The molecule has 0 radical (unpaired) electrons. The Labute approximate surface area is 145 Å². The van der Waals surface area contributed by atoms with Crippen molar-refractivity contribution in [2.45, 2.75) is 31.8 Å². The molecule has 1 aliphatic heterocycles. The summed E-state index contributed by atoms with van der Waals surface area (Å²) in [5.41, 5.74) is 0.661. The zero-order chi connectivity index (χ0) is 17.4. The Hall–Kier alpha value is -2.83. The molecule has 0 aromatic carbocycles. The molecule has 2 aliphatic rings. The predicted molar refractivity (Wildman–Crippen MR) is 89.3 cm³/mol. The number of aryl methyl sites for hydroxylation is 1. The van der Waals surface area contributed by atoms with E-state index in [4.69, 9.17) is 0 Å². The fourth-order valence-corrected chi connectivity index (χ4v) is 3.65. The van der Waals surface area contributed by atoms with Crippen LogP contribution in [0.5, 0.6) is 0 Å². The fourth-order valence-electron chi connectivity index (χ4n) is 3.65. The molecule has 2 aromatic rings. The molecule has 3 heterocycles. The van der Waals surface area contributed by atoms with Crippen molar-refractivity contribution in [2.75, 3.05) is 6.54 Å². The molecule has 0 spiro atoms. The summed E-state index contributed by atoms with van der Waals surface area (Å²) < 4.78 is 0. The van der Waals surface area contributed by atoms with Crippen LogP contribution in [0.15, 0.2) is 36.9 Å². The molecule has 1 saturated carbocycles. The van der Waals surface area contributed by atoms with E-state index in [-0.39, 0.29) is 17.7 Å². The van der Waals surface area contributed by atoms with Crippen molar-refractivity contribution in [3.8, 4) is 0 Å². The molecule has 4 rings (SSSR count). The van der Waals surface area contributed by atoms with Crippen LogP contribution >= 0.6 is 0 Å². The third kappa shape index (κ3) is 2.65. The van der Waals surface area contributed by atoms with E-state index in [0.29, 0.717) is 24.5 Å². The highest BCUT2D eigenvalue weighted by molar-refractivity contribution is 6.01. The van der Waals surface area contributed by atoms with E-state index in [1.54, 1.807) is 24.2 Å². The first-order chi connectivity index (χ1) is 12.1. The summed E-state index contributed by atoms with van der Waals surface area (Å²) in [4.78, 5) is 39.6. The molecule has 128 valence electrons. The minimum Gasteiger partial charge on any atom is -0.350 e. The lowest BCUT2D eigenvalue weighted by Gasteiger charge is -2.27. The molecule has 2 aromatic heterocycles. The lowest BCUT2D eigenvalue weighted by molar-refractivity contribution is -0.126. The Morgan fingerprint density at radius 2 is 2.12 bits per heavy atom. The third-order valence-electron chi connectivity index (χ3n) is 5.10. The largest absolute Gasteiger partial charge is 0.350 e. The van der Waals surface area contributed by atoms with Gasteiger partial charge in [-0.05, 0) is 37.3 Å². The number of rotatable bonds is 4. The maximum atomic E-state index is 12.8. The molecule has 7 heteroatoms. The average molecular weight is 337 g/mol. The number of carbonyl (C=O) groups is 2. The maximum Gasteiger partial charge on any atom is 0.257 e. The number of likely N-dealkylation sites (tertiary alicyclic amines) is 1. The van der Waals surface area contributed by atoms with E-state index in [1.807, 2.05) is 12.1 Å². The normalized spacial score (nSPS) is 23.9. The number of hydrogen-bond acceptors (Lipinski definition) is 5. The summed E-state index contributed by atoms with van der Waals surface area (Å²) in [5, 5.41) is 2.96. The van der Waals surface area contributed by atoms with Gasteiger partial charge in [0.25, 0.3) is 5.91 Å². The van der Waals surface area contributed by atoms with Gasteiger partial charge in [0.2, 0.25) is 5.91 Å². The van der Waals surface area contributed by atoms with Gasteiger partial charge in [0, 0.05) is 37.9 Å². The predicted octanol–water partition coefficient (Wildman–Crippen LogP) is 1.10. The summed E-state index contributed by atoms with van der Waals surface area (Å²) in [6.45, 7) is 2.78. The molecule has 2 atom stereocenters. The van der Waals surface area contributed by atoms with Crippen molar-refractivity contribution in [1.29, 1.82) is 0 Å². The zero-order valence-electron chi connectivity index (χ0n) is 14.0. The molecule has 7 nitrogen and oxygen atoms in total. The van der Waals surface area contributed by atoms with Crippen LogP contribution in [0, 0.1) is 12.8 Å². The molecule has 1 aliphatic carbocycles. The average Bonchev–Trinajstić information content (AvgIpc) is 3.26. The quantitative estimate of drug-likeness (QED) is 0.903. The smallest absolute Gasteiger partial charge is 0.257 e. The van der Waals surface area contributed by atoms with Crippen molar-refractivity contribution >= 4 is 11.8 Å². The summed E-state index contributed by atoms with van der Waals surface area (Å²) in [5.74, 6) is 0.611. The summed E-state index contributed by atoms with van der Waals surface area (Å²) in [6.07, 6.45) is 8.07. The van der Waals surface area contributed by atoms with Crippen LogP contribution in [-0.4, -0.2) is 43.7 Å².